The van der Waals surface area contributed by atoms with Gasteiger partial charge < -0.3 is 4.74 Å². The Bertz CT molecular complexity index is 776. The van der Waals surface area contributed by atoms with Crippen molar-refractivity contribution in [3.8, 4) is 17.6 Å². The molecule has 0 heterocycles. The predicted octanol–water partition coefficient (Wildman–Crippen LogP) is 3.99. The number of ether oxygens (including phenoxy) is 1. The molecule has 1 amide bonds. The molecule has 0 aromatic heterocycles. The Kier molecular flexibility index (Phi) is 5.72. The Morgan fingerprint density at radius 2 is 1.96 bits per heavy atom. The smallest absolute Gasteiger partial charge is 0.243 e. The normalized spacial score (nSPS) is 11.8. The average Bonchev–Trinajstić information content (AvgIpc) is 2.60. The summed E-state index contributed by atoms with van der Waals surface area (Å²) in [5.41, 5.74) is 1.46. The van der Waals surface area contributed by atoms with Crippen LogP contribution in [0.3, 0.4) is 0 Å². The van der Waals surface area contributed by atoms with Gasteiger partial charge in [-0.3, -0.25) is 10.0 Å². The summed E-state index contributed by atoms with van der Waals surface area (Å²) < 4.78 is 5.75. The van der Waals surface area contributed by atoms with E-state index < -0.39 is 11.9 Å². The van der Waals surface area contributed by atoms with Crippen molar-refractivity contribution in [1.82, 2.24) is 5.06 Å². The van der Waals surface area contributed by atoms with Crippen molar-refractivity contribution in [2.24, 2.45) is 0 Å². The number of rotatable bonds is 5. The lowest BCUT2D eigenvalue weighted by Crippen LogP contribution is -2.32. The summed E-state index contributed by atoms with van der Waals surface area (Å²) in [4.78, 5) is 11.1. The third-order valence-electron chi connectivity index (χ3n) is 3.35. The monoisotopic (exact) mass is 322 g/mol. The molecule has 0 fully saturated rings. The number of carbonyl (C=O) groups is 1. The van der Waals surface area contributed by atoms with Crippen LogP contribution in [-0.4, -0.2) is 22.2 Å². The van der Waals surface area contributed by atoms with Crippen molar-refractivity contribution in [1.29, 1.82) is 5.26 Å². The Labute approximate surface area is 141 Å². The van der Waals surface area contributed by atoms with Gasteiger partial charge in [-0.05, 0) is 48.9 Å². The van der Waals surface area contributed by atoms with Gasteiger partial charge in [-0.15, -0.1) is 0 Å². The van der Waals surface area contributed by atoms with Crippen LogP contribution in [-0.2, 0) is 4.79 Å². The van der Waals surface area contributed by atoms with Crippen LogP contribution in [0.5, 0.6) is 11.5 Å². The first kappa shape index (κ1) is 17.3. The van der Waals surface area contributed by atoms with E-state index in [9.17, 15) is 10.0 Å². The first-order valence-electron chi connectivity index (χ1n) is 7.44. The van der Waals surface area contributed by atoms with Gasteiger partial charge in [0, 0.05) is 6.92 Å². The van der Waals surface area contributed by atoms with Crippen molar-refractivity contribution in [2.75, 3.05) is 0 Å². The summed E-state index contributed by atoms with van der Waals surface area (Å²) in [7, 11) is 0. The zero-order valence-corrected chi connectivity index (χ0v) is 13.5. The van der Waals surface area contributed by atoms with E-state index in [0.717, 1.165) is 5.56 Å². The van der Waals surface area contributed by atoms with Crippen molar-refractivity contribution < 1.29 is 14.7 Å². The molecule has 24 heavy (non-hydrogen) atoms. The number of nitrogens with zero attached hydrogens (tertiary/aromatic N) is 2. The minimum atomic E-state index is -0.425. The molecule has 0 saturated carbocycles. The molecule has 0 aliphatic heterocycles. The molecule has 122 valence electrons. The molecule has 0 bridgehead atoms. The fourth-order valence-corrected chi connectivity index (χ4v) is 2.03. The summed E-state index contributed by atoms with van der Waals surface area (Å²) in [5.74, 6) is 0.883. The zero-order valence-electron chi connectivity index (χ0n) is 13.5. The average molecular weight is 322 g/mol. The standard InChI is InChI=1S/C19H18N2O3/c1-14(21(23)15(2)22)6-7-16-4-3-5-19(12-16)24-18-10-8-17(13-20)9-11-18/h3-12,14,23H,1-2H3/t14-/m1/s1. The molecule has 1 atom stereocenters. The van der Waals surface area contributed by atoms with Crippen LogP contribution in [0.1, 0.15) is 25.0 Å². The number of hydroxylamine groups is 2. The molecule has 2 aromatic carbocycles. The lowest BCUT2D eigenvalue weighted by atomic mass is 10.1. The molecular weight excluding hydrogens is 304 g/mol. The lowest BCUT2D eigenvalue weighted by molar-refractivity contribution is -0.167. The second-order valence-corrected chi connectivity index (χ2v) is 5.27. The molecule has 5 heteroatoms. The van der Waals surface area contributed by atoms with Crippen LogP contribution in [0.25, 0.3) is 6.08 Å². The third-order valence-corrected chi connectivity index (χ3v) is 3.35. The van der Waals surface area contributed by atoms with Gasteiger partial charge >= 0.3 is 0 Å². The van der Waals surface area contributed by atoms with Gasteiger partial charge in [0.2, 0.25) is 5.91 Å². The van der Waals surface area contributed by atoms with Crippen molar-refractivity contribution in [3.63, 3.8) is 0 Å². The maximum Gasteiger partial charge on any atom is 0.243 e. The van der Waals surface area contributed by atoms with Gasteiger partial charge in [0.25, 0.3) is 0 Å². The Morgan fingerprint density at radius 1 is 1.25 bits per heavy atom. The Balaban J connectivity index is 2.08. The van der Waals surface area contributed by atoms with Crippen LogP contribution in [0.15, 0.2) is 54.6 Å². The molecule has 0 aliphatic carbocycles. The zero-order chi connectivity index (χ0) is 17.5. The predicted molar refractivity (Wildman–Crippen MR) is 90.5 cm³/mol. The van der Waals surface area contributed by atoms with E-state index in [1.54, 1.807) is 37.3 Å². The molecular formula is C19H18N2O3. The molecule has 0 saturated heterocycles. The molecule has 0 aliphatic rings. The van der Waals surface area contributed by atoms with Gasteiger partial charge in [-0.25, -0.2) is 5.06 Å². The van der Waals surface area contributed by atoms with E-state index in [1.807, 2.05) is 30.3 Å². The second-order valence-electron chi connectivity index (χ2n) is 5.27. The summed E-state index contributed by atoms with van der Waals surface area (Å²) in [6.07, 6.45) is 3.53. The van der Waals surface area contributed by atoms with E-state index in [-0.39, 0.29) is 0 Å². The number of hydrogen-bond acceptors (Lipinski definition) is 4. The minimum Gasteiger partial charge on any atom is -0.457 e. The highest BCUT2D eigenvalue weighted by Crippen LogP contribution is 2.23. The van der Waals surface area contributed by atoms with Gasteiger partial charge in [-0.1, -0.05) is 24.3 Å². The SMILES string of the molecule is CC(=O)N(O)[C@H](C)C=Cc1cccc(Oc2ccc(C#N)cc2)c1. The molecule has 5 nitrogen and oxygen atoms in total. The van der Waals surface area contributed by atoms with Crippen molar-refractivity contribution in [2.45, 2.75) is 19.9 Å². The highest BCUT2D eigenvalue weighted by molar-refractivity contribution is 5.72. The Morgan fingerprint density at radius 3 is 2.58 bits per heavy atom. The minimum absolute atomic E-state index is 0.412. The summed E-state index contributed by atoms with van der Waals surface area (Å²) in [6, 6.07) is 15.9. The fourth-order valence-electron chi connectivity index (χ4n) is 2.03. The number of nitriles is 1. The molecule has 0 radical (unpaired) electrons. The third kappa shape index (κ3) is 4.70. The number of hydrogen-bond donors (Lipinski definition) is 1. The van der Waals surface area contributed by atoms with Crippen LogP contribution in [0.2, 0.25) is 0 Å². The number of amides is 1. The van der Waals surface area contributed by atoms with Crippen LogP contribution < -0.4 is 4.74 Å². The number of benzene rings is 2. The highest BCUT2D eigenvalue weighted by Gasteiger charge is 2.10. The Hall–Kier alpha value is -3.10. The number of carbonyl (C=O) groups excluding carboxylic acids is 1. The first-order valence-corrected chi connectivity index (χ1v) is 7.44. The lowest BCUT2D eigenvalue weighted by Gasteiger charge is -2.17. The van der Waals surface area contributed by atoms with Gasteiger partial charge in [-0.2, -0.15) is 5.26 Å². The van der Waals surface area contributed by atoms with Gasteiger partial charge in [0.15, 0.2) is 0 Å². The highest BCUT2D eigenvalue weighted by atomic mass is 16.5. The van der Waals surface area contributed by atoms with Crippen molar-refractivity contribution in [3.05, 3.63) is 65.7 Å². The van der Waals surface area contributed by atoms with Crippen LogP contribution >= 0.6 is 0 Å². The van der Waals surface area contributed by atoms with E-state index in [0.29, 0.717) is 22.1 Å². The van der Waals surface area contributed by atoms with Crippen LogP contribution in [0.4, 0.5) is 0 Å². The van der Waals surface area contributed by atoms with Gasteiger partial charge in [0.05, 0.1) is 17.7 Å². The summed E-state index contributed by atoms with van der Waals surface area (Å²) in [5, 5.41) is 19.0. The van der Waals surface area contributed by atoms with Gasteiger partial charge in [0.1, 0.15) is 11.5 Å². The first-order chi connectivity index (χ1) is 11.5. The molecule has 0 unspecified atom stereocenters. The molecule has 1 N–H and O–H groups in total. The fraction of sp³-hybridized carbons (Fsp3) is 0.158. The largest absolute Gasteiger partial charge is 0.457 e. The van der Waals surface area contributed by atoms with E-state index >= 15 is 0 Å². The van der Waals surface area contributed by atoms with E-state index in [1.165, 1.54) is 6.92 Å². The molecule has 2 rings (SSSR count). The second kappa shape index (κ2) is 7.95. The summed E-state index contributed by atoms with van der Waals surface area (Å²) in [6.45, 7) is 3.02. The summed E-state index contributed by atoms with van der Waals surface area (Å²) >= 11 is 0. The topological polar surface area (TPSA) is 73.6 Å². The quantitative estimate of drug-likeness (QED) is 0.667. The molecule has 0 spiro atoms. The maximum atomic E-state index is 11.1. The van der Waals surface area contributed by atoms with Crippen molar-refractivity contribution >= 4 is 12.0 Å². The van der Waals surface area contributed by atoms with Crippen LogP contribution in [0, 0.1) is 11.3 Å². The van der Waals surface area contributed by atoms with E-state index in [4.69, 9.17) is 10.00 Å². The van der Waals surface area contributed by atoms with E-state index in [2.05, 4.69) is 6.07 Å². The molecule has 2 aromatic rings. The maximum absolute atomic E-state index is 11.1.